The van der Waals surface area contributed by atoms with Gasteiger partial charge in [0.1, 0.15) is 0 Å². The third kappa shape index (κ3) is 6.40. The second-order valence-corrected chi connectivity index (χ2v) is 6.71. The fraction of sp³-hybridized carbons (Fsp3) is 0.632. The molecule has 1 aliphatic heterocycles. The number of para-hydroxylation sites is 1. The Morgan fingerprint density at radius 3 is 2.79 bits per heavy atom. The summed E-state index contributed by atoms with van der Waals surface area (Å²) < 4.78 is 5.63. The lowest BCUT2D eigenvalue weighted by molar-refractivity contribution is 0.128. The molecular weight excluding hydrogens is 300 g/mol. The summed E-state index contributed by atoms with van der Waals surface area (Å²) in [5, 5.41) is 6.85. The van der Waals surface area contributed by atoms with Gasteiger partial charge in [-0.15, -0.1) is 0 Å². The number of hydrogen-bond donors (Lipinski definition) is 2. The average Bonchev–Trinajstić information content (AvgIpc) is 3.06. The minimum absolute atomic E-state index is 0.429. The summed E-state index contributed by atoms with van der Waals surface area (Å²) in [5.41, 5.74) is 1.29. The maximum absolute atomic E-state index is 5.63. The van der Waals surface area contributed by atoms with E-state index in [9.17, 15) is 0 Å². The van der Waals surface area contributed by atoms with Crippen molar-refractivity contribution in [1.29, 1.82) is 0 Å². The van der Waals surface area contributed by atoms with Crippen molar-refractivity contribution in [2.24, 2.45) is 10.9 Å². The molecule has 1 fully saturated rings. The predicted molar refractivity (Wildman–Crippen MR) is 102 cm³/mol. The van der Waals surface area contributed by atoms with Gasteiger partial charge in [0.2, 0.25) is 0 Å². The molecule has 1 saturated heterocycles. The van der Waals surface area contributed by atoms with Crippen LogP contribution in [-0.4, -0.2) is 51.9 Å². The summed E-state index contributed by atoms with van der Waals surface area (Å²) in [6.45, 7) is 8.86. The molecule has 1 atom stereocenters. The number of rotatable bonds is 8. The molecule has 2 N–H and O–H groups in total. The Labute approximate surface area is 146 Å². The molecule has 1 aromatic rings. The van der Waals surface area contributed by atoms with Gasteiger partial charge in [-0.05, 0) is 30.9 Å². The highest BCUT2D eigenvalue weighted by molar-refractivity contribution is 5.80. The smallest absolute Gasteiger partial charge is 0.191 e. The maximum Gasteiger partial charge on any atom is 0.191 e. The van der Waals surface area contributed by atoms with Gasteiger partial charge >= 0.3 is 0 Å². The van der Waals surface area contributed by atoms with Crippen LogP contribution in [0.3, 0.4) is 0 Å². The summed E-state index contributed by atoms with van der Waals surface area (Å²) in [5.74, 6) is 1.56. The van der Waals surface area contributed by atoms with E-state index in [2.05, 4.69) is 64.7 Å². The quantitative estimate of drug-likeness (QED) is 0.436. The number of benzene rings is 1. The minimum atomic E-state index is 0.429. The number of ether oxygens (including phenoxy) is 1. The van der Waals surface area contributed by atoms with Crippen molar-refractivity contribution in [3.63, 3.8) is 0 Å². The van der Waals surface area contributed by atoms with E-state index in [0.29, 0.717) is 18.6 Å². The van der Waals surface area contributed by atoms with E-state index in [1.807, 2.05) is 7.05 Å². The lowest BCUT2D eigenvalue weighted by Gasteiger charge is -2.20. The molecule has 1 heterocycles. The summed E-state index contributed by atoms with van der Waals surface area (Å²) >= 11 is 0. The van der Waals surface area contributed by atoms with Gasteiger partial charge in [0.15, 0.2) is 5.96 Å². The monoisotopic (exact) mass is 332 g/mol. The van der Waals surface area contributed by atoms with Crippen molar-refractivity contribution in [2.75, 3.05) is 44.8 Å². The van der Waals surface area contributed by atoms with Crippen molar-refractivity contribution in [1.82, 2.24) is 10.6 Å². The van der Waals surface area contributed by atoms with E-state index in [1.165, 1.54) is 5.69 Å². The van der Waals surface area contributed by atoms with E-state index in [-0.39, 0.29) is 0 Å². The van der Waals surface area contributed by atoms with Crippen LogP contribution in [0.4, 0.5) is 5.69 Å². The highest BCUT2D eigenvalue weighted by Gasteiger charge is 2.23. The highest BCUT2D eigenvalue weighted by atomic mass is 16.5. The number of hydrogen-bond acceptors (Lipinski definition) is 3. The maximum atomic E-state index is 5.63. The molecule has 0 radical (unpaired) electrons. The molecule has 24 heavy (non-hydrogen) atoms. The van der Waals surface area contributed by atoms with Crippen molar-refractivity contribution >= 4 is 11.6 Å². The fourth-order valence-corrected chi connectivity index (χ4v) is 2.80. The summed E-state index contributed by atoms with van der Waals surface area (Å²) in [6, 6.07) is 11.0. The third-order valence-corrected chi connectivity index (χ3v) is 4.25. The number of nitrogens with one attached hydrogen (secondary N) is 2. The van der Waals surface area contributed by atoms with Crippen LogP contribution in [0.25, 0.3) is 0 Å². The number of guanidine groups is 1. The van der Waals surface area contributed by atoms with Gasteiger partial charge in [0.25, 0.3) is 0 Å². The Bertz CT molecular complexity index is 489. The molecule has 5 nitrogen and oxygen atoms in total. The third-order valence-electron chi connectivity index (χ3n) is 4.25. The van der Waals surface area contributed by atoms with Gasteiger partial charge in [0.05, 0.1) is 6.61 Å². The Morgan fingerprint density at radius 1 is 1.29 bits per heavy atom. The Kier molecular flexibility index (Phi) is 7.89. The van der Waals surface area contributed by atoms with E-state index >= 15 is 0 Å². The van der Waals surface area contributed by atoms with Crippen LogP contribution in [0.1, 0.15) is 26.7 Å². The Morgan fingerprint density at radius 2 is 2.08 bits per heavy atom. The number of aliphatic imine (C=N–C) groups is 1. The van der Waals surface area contributed by atoms with Crippen molar-refractivity contribution in [3.8, 4) is 0 Å². The molecule has 1 unspecified atom stereocenters. The molecule has 2 rings (SSSR count). The van der Waals surface area contributed by atoms with Crippen LogP contribution in [0.15, 0.2) is 35.3 Å². The molecular formula is C19H32N4O. The predicted octanol–water partition coefficient (Wildman–Crippen LogP) is 2.49. The summed E-state index contributed by atoms with van der Waals surface area (Å²) in [6.07, 6.45) is 2.24. The van der Waals surface area contributed by atoms with E-state index in [4.69, 9.17) is 4.74 Å². The van der Waals surface area contributed by atoms with Gasteiger partial charge in [0, 0.05) is 45.0 Å². The zero-order valence-corrected chi connectivity index (χ0v) is 15.3. The summed E-state index contributed by atoms with van der Waals surface area (Å²) in [4.78, 5) is 6.73. The van der Waals surface area contributed by atoms with Crippen molar-refractivity contribution in [2.45, 2.75) is 32.7 Å². The minimum Gasteiger partial charge on any atom is -0.380 e. The molecule has 0 amide bonds. The summed E-state index contributed by atoms with van der Waals surface area (Å²) in [7, 11) is 1.82. The molecule has 0 aliphatic carbocycles. The molecule has 1 aromatic carbocycles. The molecule has 0 spiro atoms. The molecule has 134 valence electrons. The van der Waals surface area contributed by atoms with Crippen LogP contribution in [0.2, 0.25) is 0 Å². The van der Waals surface area contributed by atoms with E-state index in [0.717, 1.165) is 45.0 Å². The van der Waals surface area contributed by atoms with Crippen LogP contribution >= 0.6 is 0 Å². The first-order chi connectivity index (χ1) is 11.7. The second kappa shape index (κ2) is 10.2. The van der Waals surface area contributed by atoms with Crippen LogP contribution in [-0.2, 0) is 4.74 Å². The van der Waals surface area contributed by atoms with Crippen molar-refractivity contribution < 1.29 is 4.74 Å². The standard InChI is InChI=1S/C19H32N4O/c1-16(2)10-13-24-14-11-21-19(20-3)22-17-9-12-23(15-17)18-7-5-4-6-8-18/h4-8,16-17H,9-15H2,1-3H3,(H2,20,21,22). The van der Waals surface area contributed by atoms with Gasteiger partial charge in [-0.25, -0.2) is 0 Å². The molecule has 1 aliphatic rings. The number of anilines is 1. The first-order valence-electron chi connectivity index (χ1n) is 9.04. The van der Waals surface area contributed by atoms with Gasteiger partial charge in [-0.1, -0.05) is 32.0 Å². The zero-order chi connectivity index (χ0) is 17.2. The number of nitrogens with zero attached hydrogens (tertiary/aromatic N) is 2. The molecule has 0 aromatic heterocycles. The normalized spacial score (nSPS) is 18.2. The largest absolute Gasteiger partial charge is 0.380 e. The SMILES string of the molecule is CN=C(NCCOCCC(C)C)NC1CCN(c2ccccc2)C1. The average molecular weight is 332 g/mol. The van der Waals surface area contributed by atoms with Gasteiger partial charge < -0.3 is 20.3 Å². The van der Waals surface area contributed by atoms with Crippen molar-refractivity contribution in [3.05, 3.63) is 30.3 Å². The molecule has 0 bridgehead atoms. The highest BCUT2D eigenvalue weighted by Crippen LogP contribution is 2.19. The second-order valence-electron chi connectivity index (χ2n) is 6.71. The van der Waals surface area contributed by atoms with Gasteiger partial charge in [-0.2, -0.15) is 0 Å². The Balaban J connectivity index is 1.65. The fourth-order valence-electron chi connectivity index (χ4n) is 2.80. The Hall–Kier alpha value is -1.75. The lowest BCUT2D eigenvalue weighted by atomic mass is 10.1. The van der Waals surface area contributed by atoms with Crippen LogP contribution in [0, 0.1) is 5.92 Å². The zero-order valence-electron chi connectivity index (χ0n) is 15.3. The van der Waals surface area contributed by atoms with Crippen LogP contribution < -0.4 is 15.5 Å². The molecule has 0 saturated carbocycles. The van der Waals surface area contributed by atoms with E-state index < -0.39 is 0 Å². The molecule has 5 heteroatoms. The first-order valence-corrected chi connectivity index (χ1v) is 9.04. The van der Waals surface area contributed by atoms with Crippen LogP contribution in [0.5, 0.6) is 0 Å². The van der Waals surface area contributed by atoms with Gasteiger partial charge in [-0.3, -0.25) is 4.99 Å². The topological polar surface area (TPSA) is 48.9 Å². The lowest BCUT2D eigenvalue weighted by Crippen LogP contribution is -2.45. The van der Waals surface area contributed by atoms with E-state index in [1.54, 1.807) is 0 Å². The first kappa shape index (κ1) is 18.6.